The second-order valence-electron chi connectivity index (χ2n) is 6.37. The Morgan fingerprint density at radius 2 is 2.00 bits per heavy atom. The summed E-state index contributed by atoms with van der Waals surface area (Å²) in [4.78, 5) is 4.49. The summed E-state index contributed by atoms with van der Waals surface area (Å²) in [5, 5.41) is 7.14. The van der Waals surface area contributed by atoms with Crippen LogP contribution in [-0.2, 0) is 10.0 Å². The number of hydrogen-bond acceptors (Lipinski definition) is 3. The minimum atomic E-state index is -3.29. The molecule has 1 atom stereocenters. The minimum absolute atomic E-state index is 0. The highest BCUT2D eigenvalue weighted by atomic mass is 127. The molecule has 1 unspecified atom stereocenters. The molecule has 0 fully saturated rings. The zero-order chi connectivity index (χ0) is 18.4. The summed E-state index contributed by atoms with van der Waals surface area (Å²) in [5.74, 6) is 0.619. The molecular formula is C16H28ClIN4O2S. The number of nitrogens with zero attached hydrogens (tertiary/aromatic N) is 1. The van der Waals surface area contributed by atoms with Crippen molar-refractivity contribution in [2.24, 2.45) is 4.99 Å². The molecule has 6 nitrogen and oxygen atoms in total. The van der Waals surface area contributed by atoms with Gasteiger partial charge in [-0.25, -0.2) is 13.1 Å². The lowest BCUT2D eigenvalue weighted by atomic mass is 10.1. The molecule has 0 heterocycles. The summed E-state index contributed by atoms with van der Waals surface area (Å²) in [6.45, 7) is 8.58. The molecule has 9 heteroatoms. The SMILES string of the molecule is CCNC(=NCC(C)(C)NS(C)(=O)=O)NC(C)c1cccc(Cl)c1.I. The van der Waals surface area contributed by atoms with Crippen LogP contribution in [0.5, 0.6) is 0 Å². The molecule has 0 aliphatic rings. The van der Waals surface area contributed by atoms with Gasteiger partial charge in [-0.2, -0.15) is 0 Å². The molecule has 0 spiro atoms. The molecule has 25 heavy (non-hydrogen) atoms. The maximum Gasteiger partial charge on any atom is 0.209 e. The molecule has 0 bridgehead atoms. The standard InChI is InChI=1S/C16H27ClN4O2S.HI/c1-6-18-15(19-11-16(3,4)21-24(5,22)23)20-12(2)13-8-7-9-14(17)10-13;/h7-10,12,21H,6,11H2,1-5H3,(H2,18,19,20);1H. The van der Waals surface area contributed by atoms with Crippen LogP contribution in [0.2, 0.25) is 5.02 Å². The second-order valence-corrected chi connectivity index (χ2v) is 8.56. The van der Waals surface area contributed by atoms with Crippen molar-refractivity contribution in [3.05, 3.63) is 34.9 Å². The second kappa shape index (κ2) is 10.5. The first-order valence-corrected chi connectivity index (χ1v) is 10.1. The van der Waals surface area contributed by atoms with Crippen LogP contribution in [-0.4, -0.2) is 39.3 Å². The molecule has 3 N–H and O–H groups in total. The number of guanidine groups is 1. The highest BCUT2D eigenvalue weighted by Crippen LogP contribution is 2.17. The Kier molecular flexibility index (Phi) is 10.3. The topological polar surface area (TPSA) is 82.6 Å². The van der Waals surface area contributed by atoms with Crippen molar-refractivity contribution in [2.45, 2.75) is 39.3 Å². The third-order valence-electron chi connectivity index (χ3n) is 3.14. The lowest BCUT2D eigenvalue weighted by molar-refractivity contribution is 0.464. The number of hydrogen-bond donors (Lipinski definition) is 3. The highest BCUT2D eigenvalue weighted by molar-refractivity contribution is 14.0. The Morgan fingerprint density at radius 3 is 2.52 bits per heavy atom. The zero-order valence-electron chi connectivity index (χ0n) is 15.3. The van der Waals surface area contributed by atoms with Crippen molar-refractivity contribution in [1.29, 1.82) is 0 Å². The Bertz CT molecular complexity index is 680. The van der Waals surface area contributed by atoms with E-state index in [1.807, 2.05) is 38.1 Å². The fourth-order valence-electron chi connectivity index (χ4n) is 2.20. The monoisotopic (exact) mass is 502 g/mol. The molecule has 1 aromatic rings. The number of benzene rings is 1. The first kappa shape index (κ1) is 24.4. The van der Waals surface area contributed by atoms with E-state index < -0.39 is 15.6 Å². The van der Waals surface area contributed by atoms with Crippen molar-refractivity contribution >= 4 is 51.6 Å². The normalized spacial score (nSPS) is 13.8. The molecule has 0 aliphatic heterocycles. The maximum absolute atomic E-state index is 11.4. The lowest BCUT2D eigenvalue weighted by Crippen LogP contribution is -2.47. The quantitative estimate of drug-likeness (QED) is 0.304. The Hall–Kier alpha value is -0.580. The summed E-state index contributed by atoms with van der Waals surface area (Å²) in [6, 6.07) is 7.63. The molecule has 1 aromatic carbocycles. The Morgan fingerprint density at radius 1 is 1.36 bits per heavy atom. The van der Waals surface area contributed by atoms with Crippen LogP contribution in [0.4, 0.5) is 0 Å². The van der Waals surface area contributed by atoms with Gasteiger partial charge in [0.1, 0.15) is 0 Å². The predicted octanol–water partition coefficient (Wildman–Crippen LogP) is 2.90. The van der Waals surface area contributed by atoms with Gasteiger partial charge >= 0.3 is 0 Å². The number of sulfonamides is 1. The van der Waals surface area contributed by atoms with Gasteiger partial charge in [-0.1, -0.05) is 23.7 Å². The van der Waals surface area contributed by atoms with Crippen molar-refractivity contribution in [2.75, 3.05) is 19.3 Å². The average Bonchev–Trinajstić information content (AvgIpc) is 2.42. The fraction of sp³-hybridized carbons (Fsp3) is 0.562. The van der Waals surface area contributed by atoms with Gasteiger partial charge in [0.05, 0.1) is 18.8 Å². The number of aliphatic imine (C=N–C) groups is 1. The highest BCUT2D eigenvalue weighted by Gasteiger charge is 2.22. The van der Waals surface area contributed by atoms with Gasteiger partial charge in [0, 0.05) is 17.1 Å². The molecule has 0 aromatic heterocycles. The molecule has 0 radical (unpaired) electrons. The van der Waals surface area contributed by atoms with Crippen LogP contribution in [0.1, 0.15) is 39.3 Å². The van der Waals surface area contributed by atoms with Crippen molar-refractivity contribution in [1.82, 2.24) is 15.4 Å². The molecule has 0 aliphatic carbocycles. The summed E-state index contributed by atoms with van der Waals surface area (Å²) in [7, 11) is -3.29. The first-order chi connectivity index (χ1) is 11.0. The largest absolute Gasteiger partial charge is 0.357 e. The van der Waals surface area contributed by atoms with Crippen molar-refractivity contribution in [3.8, 4) is 0 Å². The molecule has 0 saturated heterocycles. The van der Waals surface area contributed by atoms with E-state index in [2.05, 4.69) is 20.3 Å². The van der Waals surface area contributed by atoms with Gasteiger partial charge in [0.25, 0.3) is 0 Å². The van der Waals surface area contributed by atoms with Crippen LogP contribution in [0.15, 0.2) is 29.3 Å². The van der Waals surface area contributed by atoms with Gasteiger partial charge in [-0.05, 0) is 45.4 Å². The van der Waals surface area contributed by atoms with Gasteiger partial charge in [-0.3, -0.25) is 4.99 Å². The summed E-state index contributed by atoms with van der Waals surface area (Å²) < 4.78 is 25.4. The van der Waals surface area contributed by atoms with Crippen LogP contribution in [0.3, 0.4) is 0 Å². The van der Waals surface area contributed by atoms with Gasteiger partial charge in [0.15, 0.2) is 5.96 Å². The smallest absolute Gasteiger partial charge is 0.209 e. The number of nitrogens with one attached hydrogen (secondary N) is 3. The Labute approximate surface area is 173 Å². The minimum Gasteiger partial charge on any atom is -0.357 e. The van der Waals surface area contributed by atoms with Crippen LogP contribution < -0.4 is 15.4 Å². The predicted molar refractivity (Wildman–Crippen MR) is 116 cm³/mol. The van der Waals surface area contributed by atoms with E-state index in [1.165, 1.54) is 0 Å². The fourth-order valence-corrected chi connectivity index (χ4v) is 3.46. The third kappa shape index (κ3) is 10.2. The maximum atomic E-state index is 11.4. The number of rotatable bonds is 7. The van der Waals surface area contributed by atoms with E-state index in [0.717, 1.165) is 11.8 Å². The zero-order valence-corrected chi connectivity index (χ0v) is 19.2. The third-order valence-corrected chi connectivity index (χ3v) is 4.30. The number of halogens is 2. The van der Waals surface area contributed by atoms with E-state index in [-0.39, 0.29) is 30.0 Å². The van der Waals surface area contributed by atoms with Crippen LogP contribution >= 0.6 is 35.6 Å². The molecule has 0 amide bonds. The average molecular weight is 503 g/mol. The van der Waals surface area contributed by atoms with E-state index in [1.54, 1.807) is 13.8 Å². The van der Waals surface area contributed by atoms with E-state index in [0.29, 0.717) is 24.1 Å². The summed E-state index contributed by atoms with van der Waals surface area (Å²) in [6.07, 6.45) is 1.14. The lowest BCUT2D eigenvalue weighted by Gasteiger charge is -2.24. The van der Waals surface area contributed by atoms with E-state index in [4.69, 9.17) is 11.6 Å². The molecule has 1 rings (SSSR count). The first-order valence-electron chi connectivity index (χ1n) is 7.81. The summed E-state index contributed by atoms with van der Waals surface area (Å²) >= 11 is 6.03. The van der Waals surface area contributed by atoms with Gasteiger partial charge in [-0.15, -0.1) is 24.0 Å². The molecule has 0 saturated carbocycles. The van der Waals surface area contributed by atoms with Crippen molar-refractivity contribution < 1.29 is 8.42 Å². The molecular weight excluding hydrogens is 475 g/mol. The van der Waals surface area contributed by atoms with Crippen LogP contribution in [0.25, 0.3) is 0 Å². The van der Waals surface area contributed by atoms with Crippen molar-refractivity contribution in [3.63, 3.8) is 0 Å². The van der Waals surface area contributed by atoms with Gasteiger partial charge < -0.3 is 10.6 Å². The van der Waals surface area contributed by atoms with E-state index >= 15 is 0 Å². The summed E-state index contributed by atoms with van der Waals surface area (Å²) in [5.41, 5.74) is 0.372. The molecule has 144 valence electrons. The Balaban J connectivity index is 0.00000576. The van der Waals surface area contributed by atoms with E-state index in [9.17, 15) is 8.42 Å². The van der Waals surface area contributed by atoms with Crippen LogP contribution in [0, 0.1) is 0 Å². The van der Waals surface area contributed by atoms with Gasteiger partial charge in [0.2, 0.25) is 10.0 Å².